The quantitative estimate of drug-likeness (QED) is 0.803. The molecule has 106 valence electrons. The molecule has 0 bridgehead atoms. The Morgan fingerprint density at radius 3 is 2.63 bits per heavy atom. The van der Waals surface area contributed by atoms with E-state index in [0.717, 1.165) is 11.2 Å². The maximum absolute atomic E-state index is 13.0. The van der Waals surface area contributed by atoms with Crippen LogP contribution in [0.4, 0.5) is 13.2 Å². The predicted molar refractivity (Wildman–Crippen MR) is 62.1 cm³/mol. The van der Waals surface area contributed by atoms with E-state index in [1.807, 2.05) is 0 Å². The Balaban J connectivity index is 2.49. The minimum absolute atomic E-state index is 0.115. The summed E-state index contributed by atoms with van der Waals surface area (Å²) >= 11 is 0. The minimum Gasteiger partial charge on any atom is -0.360 e. The number of nitrogens with zero attached hydrogens (tertiary/aromatic N) is 2. The molecule has 0 unspecified atom stereocenters. The van der Waals surface area contributed by atoms with E-state index in [9.17, 15) is 26.7 Å². The minimum atomic E-state index is -5.06. The molecule has 0 aromatic carbocycles. The lowest BCUT2D eigenvalue weighted by molar-refractivity contribution is -0.264. The molecule has 0 aromatic rings. The van der Waals surface area contributed by atoms with Gasteiger partial charge in [-0.05, 0) is 12.2 Å². The number of halogens is 3. The average Bonchev–Trinajstić information content (AvgIpc) is 2.51. The van der Waals surface area contributed by atoms with Gasteiger partial charge >= 0.3 is 6.18 Å². The van der Waals surface area contributed by atoms with Gasteiger partial charge in [0.2, 0.25) is 0 Å². The molecular formula is C10H11F3N2O3S. The second kappa shape index (κ2) is 4.07. The Morgan fingerprint density at radius 1 is 1.47 bits per heavy atom. The number of fused-ring (bicyclic) bond motifs is 1. The zero-order valence-electron chi connectivity index (χ0n) is 9.79. The zero-order valence-corrected chi connectivity index (χ0v) is 10.6. The summed E-state index contributed by atoms with van der Waals surface area (Å²) in [7, 11) is -3.72. The normalized spacial score (nSPS) is 30.5. The van der Waals surface area contributed by atoms with E-state index >= 15 is 0 Å². The lowest BCUT2D eigenvalue weighted by Gasteiger charge is -2.33. The molecule has 0 radical (unpaired) electrons. The largest absolute Gasteiger partial charge is 0.440 e. The summed E-state index contributed by atoms with van der Waals surface area (Å²) in [5.74, 6) is -0.968. The van der Waals surface area contributed by atoms with Crippen molar-refractivity contribution in [3.63, 3.8) is 0 Å². The Morgan fingerprint density at radius 2 is 2.11 bits per heavy atom. The van der Waals surface area contributed by atoms with Gasteiger partial charge in [-0.25, -0.2) is 13.4 Å². The topological polar surface area (TPSA) is 70.0 Å². The van der Waals surface area contributed by atoms with Crippen LogP contribution in [0.1, 0.15) is 0 Å². The van der Waals surface area contributed by atoms with Gasteiger partial charge in [-0.1, -0.05) is 6.08 Å². The van der Waals surface area contributed by atoms with Crippen LogP contribution in [0.2, 0.25) is 0 Å². The highest BCUT2D eigenvalue weighted by atomic mass is 32.2. The first-order valence-electron chi connectivity index (χ1n) is 5.24. The van der Waals surface area contributed by atoms with Gasteiger partial charge in [-0.2, -0.15) is 13.2 Å². The van der Waals surface area contributed by atoms with E-state index in [1.54, 1.807) is 0 Å². The van der Waals surface area contributed by atoms with Gasteiger partial charge in [0, 0.05) is 12.5 Å². The van der Waals surface area contributed by atoms with Crippen LogP contribution >= 0.6 is 0 Å². The number of aliphatic hydroxyl groups is 1. The predicted octanol–water partition coefficient (Wildman–Crippen LogP) is 0.448. The number of alkyl halides is 3. The number of allylic oxidation sites excluding steroid dienone is 2. The summed E-state index contributed by atoms with van der Waals surface area (Å²) in [5.41, 5.74) is -3.43. The van der Waals surface area contributed by atoms with Crippen molar-refractivity contribution < 1.29 is 26.7 Å². The first kappa shape index (κ1) is 14.1. The van der Waals surface area contributed by atoms with Gasteiger partial charge in [-0.15, -0.1) is 0 Å². The molecule has 0 saturated carbocycles. The highest BCUT2D eigenvalue weighted by molar-refractivity contribution is 7.90. The fourth-order valence-corrected chi connectivity index (χ4v) is 2.95. The third-order valence-electron chi connectivity index (χ3n) is 2.83. The van der Waals surface area contributed by atoms with Gasteiger partial charge in [0.15, 0.2) is 0 Å². The molecule has 0 spiro atoms. The molecule has 9 heteroatoms. The van der Waals surface area contributed by atoms with Crippen molar-refractivity contribution in [2.24, 2.45) is 4.99 Å². The summed E-state index contributed by atoms with van der Waals surface area (Å²) in [6, 6.07) is -1.72. The molecule has 2 aliphatic heterocycles. The van der Waals surface area contributed by atoms with E-state index in [2.05, 4.69) is 4.99 Å². The molecule has 0 fully saturated rings. The molecule has 19 heavy (non-hydrogen) atoms. The number of hydrogen-bond acceptors (Lipinski definition) is 5. The summed E-state index contributed by atoms with van der Waals surface area (Å²) in [5, 5.41) is 9.80. The van der Waals surface area contributed by atoms with Gasteiger partial charge < -0.3 is 10.0 Å². The SMILES string of the molecule is CS(=O)(=O)C[C@@H]1N2C=CC=CC2=N[C@@]1(O)C(F)(F)F. The summed E-state index contributed by atoms with van der Waals surface area (Å²) in [6.07, 6.45) is 1.18. The third-order valence-corrected chi connectivity index (χ3v) is 3.75. The average molecular weight is 296 g/mol. The van der Waals surface area contributed by atoms with Crippen LogP contribution in [0.3, 0.4) is 0 Å². The van der Waals surface area contributed by atoms with Crippen LogP contribution in [0.15, 0.2) is 29.4 Å². The Labute approximate surface area is 107 Å². The Hall–Kier alpha value is -1.35. The van der Waals surface area contributed by atoms with E-state index in [0.29, 0.717) is 0 Å². The molecule has 0 amide bonds. The fourth-order valence-electron chi connectivity index (χ4n) is 1.98. The molecule has 0 aliphatic carbocycles. The lowest BCUT2D eigenvalue weighted by atomic mass is 10.1. The van der Waals surface area contributed by atoms with E-state index in [-0.39, 0.29) is 5.84 Å². The van der Waals surface area contributed by atoms with E-state index in [4.69, 9.17) is 0 Å². The van der Waals surface area contributed by atoms with Crippen molar-refractivity contribution in [2.45, 2.75) is 17.9 Å². The van der Waals surface area contributed by atoms with Crippen molar-refractivity contribution in [3.8, 4) is 0 Å². The van der Waals surface area contributed by atoms with Crippen LogP contribution in [0.25, 0.3) is 0 Å². The highest BCUT2D eigenvalue weighted by Gasteiger charge is 2.64. The van der Waals surface area contributed by atoms with Gasteiger partial charge in [0.25, 0.3) is 5.72 Å². The van der Waals surface area contributed by atoms with Crippen molar-refractivity contribution in [1.82, 2.24) is 4.90 Å². The molecule has 2 heterocycles. The first-order valence-corrected chi connectivity index (χ1v) is 7.30. The molecule has 2 rings (SSSR count). The number of amidine groups is 1. The standard InChI is InChI=1S/C10H11F3N2O3S/c1-19(17,18)6-7-9(16,10(11,12)13)14-8-4-2-3-5-15(7)8/h2-5,7,16H,6H2,1H3/t7-,9-/m0/s1. The summed E-state index contributed by atoms with van der Waals surface area (Å²) in [6.45, 7) is 0. The number of aliphatic imine (C=N–C) groups is 1. The van der Waals surface area contributed by atoms with E-state index in [1.165, 1.54) is 24.4 Å². The Bertz CT molecular complexity index is 579. The summed E-state index contributed by atoms with van der Waals surface area (Å²) in [4.78, 5) is 4.27. The second-order valence-corrected chi connectivity index (χ2v) is 6.59. The number of sulfone groups is 1. The zero-order chi connectivity index (χ0) is 14.5. The molecule has 0 saturated heterocycles. The van der Waals surface area contributed by atoms with Crippen LogP contribution in [-0.2, 0) is 9.84 Å². The van der Waals surface area contributed by atoms with Crippen LogP contribution < -0.4 is 0 Å². The van der Waals surface area contributed by atoms with Crippen molar-refractivity contribution in [2.75, 3.05) is 12.0 Å². The van der Waals surface area contributed by atoms with Crippen LogP contribution in [0.5, 0.6) is 0 Å². The van der Waals surface area contributed by atoms with Gasteiger partial charge in [0.05, 0.1) is 5.75 Å². The van der Waals surface area contributed by atoms with Crippen molar-refractivity contribution in [1.29, 1.82) is 0 Å². The summed E-state index contributed by atoms with van der Waals surface area (Å²) < 4.78 is 61.5. The Kier molecular flexibility index (Phi) is 3.01. The van der Waals surface area contributed by atoms with Crippen molar-refractivity contribution >= 4 is 15.7 Å². The van der Waals surface area contributed by atoms with E-state index < -0.39 is 33.5 Å². The molecule has 2 atom stereocenters. The maximum atomic E-state index is 13.0. The van der Waals surface area contributed by atoms with Crippen LogP contribution in [0, 0.1) is 0 Å². The molecule has 5 nitrogen and oxygen atoms in total. The van der Waals surface area contributed by atoms with Gasteiger partial charge in [0.1, 0.15) is 21.7 Å². The van der Waals surface area contributed by atoms with Gasteiger partial charge in [-0.3, -0.25) is 0 Å². The molecular weight excluding hydrogens is 285 g/mol. The fraction of sp³-hybridized carbons (Fsp3) is 0.500. The molecule has 2 aliphatic rings. The number of rotatable bonds is 2. The number of hydrogen-bond donors (Lipinski definition) is 1. The van der Waals surface area contributed by atoms with Crippen LogP contribution in [-0.4, -0.2) is 54.2 Å². The molecule has 0 aromatic heterocycles. The lowest BCUT2D eigenvalue weighted by Crippen LogP contribution is -2.57. The first-order chi connectivity index (χ1) is 8.55. The highest BCUT2D eigenvalue weighted by Crippen LogP contribution is 2.41. The third kappa shape index (κ3) is 2.39. The second-order valence-electron chi connectivity index (χ2n) is 4.41. The van der Waals surface area contributed by atoms with Crippen molar-refractivity contribution in [3.05, 3.63) is 24.4 Å². The maximum Gasteiger partial charge on any atom is 0.440 e. The smallest absolute Gasteiger partial charge is 0.360 e. The molecule has 1 N–H and O–H groups in total. The monoisotopic (exact) mass is 296 g/mol.